The smallest absolute Gasteiger partial charge is 0.263 e. The molecule has 2 rings (SSSR count). The van der Waals surface area contributed by atoms with Crippen LogP contribution in [0.3, 0.4) is 0 Å². The van der Waals surface area contributed by atoms with E-state index in [1.807, 2.05) is 13.0 Å². The Morgan fingerprint density at radius 1 is 1.19 bits per heavy atom. The molecule has 0 amide bonds. The topological polar surface area (TPSA) is 59.1 Å². The van der Waals surface area contributed by atoms with Gasteiger partial charge in [-0.05, 0) is 48.7 Å². The lowest BCUT2D eigenvalue weighted by molar-refractivity contribution is 0.601. The SMILES string of the molecule is CCc1ccnc(NS(=O)(=O)c2cc(C)c(Cl)cc2Cl)c1. The monoisotopic (exact) mass is 344 g/mol. The van der Waals surface area contributed by atoms with Crippen LogP contribution in [0, 0.1) is 6.92 Å². The molecule has 1 aromatic carbocycles. The second kappa shape index (κ2) is 6.22. The van der Waals surface area contributed by atoms with E-state index in [2.05, 4.69) is 9.71 Å². The summed E-state index contributed by atoms with van der Waals surface area (Å²) >= 11 is 11.9. The predicted molar refractivity (Wildman–Crippen MR) is 85.6 cm³/mol. The molecule has 1 aromatic heterocycles. The van der Waals surface area contributed by atoms with Crippen LogP contribution in [-0.2, 0) is 16.4 Å². The van der Waals surface area contributed by atoms with Gasteiger partial charge < -0.3 is 0 Å². The molecular formula is C14H14Cl2N2O2S. The van der Waals surface area contributed by atoms with Crippen molar-refractivity contribution in [2.45, 2.75) is 25.2 Å². The van der Waals surface area contributed by atoms with Crippen molar-refractivity contribution in [1.29, 1.82) is 0 Å². The van der Waals surface area contributed by atoms with Gasteiger partial charge in [0.25, 0.3) is 10.0 Å². The van der Waals surface area contributed by atoms with E-state index in [9.17, 15) is 8.42 Å². The highest BCUT2D eigenvalue weighted by Gasteiger charge is 2.20. The third-order valence-corrected chi connectivity index (χ3v) is 5.20. The van der Waals surface area contributed by atoms with Gasteiger partial charge in [-0.1, -0.05) is 30.1 Å². The molecule has 4 nitrogen and oxygen atoms in total. The average molecular weight is 345 g/mol. The first-order valence-electron chi connectivity index (χ1n) is 6.27. The summed E-state index contributed by atoms with van der Waals surface area (Å²) in [5, 5.41) is 0.495. The fourth-order valence-electron chi connectivity index (χ4n) is 1.78. The van der Waals surface area contributed by atoms with Crippen LogP contribution in [0.4, 0.5) is 5.82 Å². The first-order valence-corrected chi connectivity index (χ1v) is 8.51. The summed E-state index contributed by atoms with van der Waals surface area (Å²) in [6.07, 6.45) is 2.35. The van der Waals surface area contributed by atoms with Crippen molar-refractivity contribution in [2.75, 3.05) is 4.72 Å². The van der Waals surface area contributed by atoms with Crippen molar-refractivity contribution in [3.8, 4) is 0 Å². The minimum atomic E-state index is -3.81. The zero-order valence-corrected chi connectivity index (χ0v) is 13.9. The molecule has 0 saturated carbocycles. The molecule has 2 aromatic rings. The van der Waals surface area contributed by atoms with Crippen LogP contribution in [0.5, 0.6) is 0 Å². The van der Waals surface area contributed by atoms with Gasteiger partial charge in [0.1, 0.15) is 10.7 Å². The highest BCUT2D eigenvalue weighted by molar-refractivity contribution is 7.92. The normalized spacial score (nSPS) is 11.4. The Labute approximate surface area is 134 Å². The lowest BCUT2D eigenvalue weighted by Crippen LogP contribution is -2.15. The Balaban J connectivity index is 2.40. The van der Waals surface area contributed by atoms with Gasteiger partial charge in [0, 0.05) is 11.2 Å². The molecule has 0 aliphatic carbocycles. The van der Waals surface area contributed by atoms with Crippen LogP contribution in [0.1, 0.15) is 18.1 Å². The van der Waals surface area contributed by atoms with Gasteiger partial charge in [-0.2, -0.15) is 0 Å². The van der Waals surface area contributed by atoms with Crippen LogP contribution in [0.15, 0.2) is 35.4 Å². The third kappa shape index (κ3) is 3.67. The van der Waals surface area contributed by atoms with Crippen molar-refractivity contribution in [2.24, 2.45) is 0 Å². The fraction of sp³-hybridized carbons (Fsp3) is 0.214. The Bertz CT molecular complexity index is 777. The van der Waals surface area contributed by atoms with Crippen molar-refractivity contribution in [1.82, 2.24) is 4.98 Å². The largest absolute Gasteiger partial charge is 0.264 e. The molecule has 1 heterocycles. The third-order valence-electron chi connectivity index (χ3n) is 2.97. The number of halogens is 2. The van der Waals surface area contributed by atoms with Crippen LogP contribution >= 0.6 is 23.2 Å². The zero-order chi connectivity index (χ0) is 15.6. The van der Waals surface area contributed by atoms with Crippen molar-refractivity contribution < 1.29 is 8.42 Å². The summed E-state index contributed by atoms with van der Waals surface area (Å²) in [5.41, 5.74) is 1.62. The number of anilines is 1. The molecule has 0 saturated heterocycles. The van der Waals surface area contributed by atoms with Gasteiger partial charge in [0.15, 0.2) is 0 Å². The number of hydrogen-bond donors (Lipinski definition) is 1. The van der Waals surface area contributed by atoms with Gasteiger partial charge >= 0.3 is 0 Å². The Hall–Kier alpha value is -1.30. The van der Waals surface area contributed by atoms with E-state index in [4.69, 9.17) is 23.2 Å². The van der Waals surface area contributed by atoms with Crippen LogP contribution in [0.25, 0.3) is 0 Å². The fourth-order valence-corrected chi connectivity index (χ4v) is 3.61. The lowest BCUT2D eigenvalue weighted by Gasteiger charge is -2.11. The van der Waals surface area contributed by atoms with Gasteiger partial charge in [-0.25, -0.2) is 13.4 Å². The minimum Gasteiger partial charge on any atom is -0.263 e. The Kier molecular flexibility index (Phi) is 4.76. The maximum absolute atomic E-state index is 12.4. The first-order chi connectivity index (χ1) is 9.83. The quantitative estimate of drug-likeness (QED) is 0.909. The highest BCUT2D eigenvalue weighted by Crippen LogP contribution is 2.29. The lowest BCUT2D eigenvalue weighted by atomic mass is 10.2. The summed E-state index contributed by atoms with van der Waals surface area (Å²) in [5.74, 6) is 0.262. The Morgan fingerprint density at radius 2 is 1.90 bits per heavy atom. The number of pyridine rings is 1. The van der Waals surface area contributed by atoms with E-state index in [-0.39, 0.29) is 15.7 Å². The number of hydrogen-bond acceptors (Lipinski definition) is 3. The molecule has 0 atom stereocenters. The van der Waals surface area contributed by atoms with E-state index in [1.54, 1.807) is 19.2 Å². The summed E-state index contributed by atoms with van der Waals surface area (Å²) in [6.45, 7) is 3.70. The molecule has 0 fully saturated rings. The number of nitrogens with zero attached hydrogens (tertiary/aromatic N) is 1. The zero-order valence-electron chi connectivity index (χ0n) is 11.5. The predicted octanol–water partition coefficient (Wildman–Crippen LogP) is 4.06. The van der Waals surface area contributed by atoms with E-state index in [0.29, 0.717) is 10.6 Å². The minimum absolute atomic E-state index is 0.0187. The van der Waals surface area contributed by atoms with E-state index >= 15 is 0 Å². The average Bonchev–Trinajstić information content (AvgIpc) is 2.42. The van der Waals surface area contributed by atoms with Crippen LogP contribution < -0.4 is 4.72 Å². The van der Waals surface area contributed by atoms with E-state index in [0.717, 1.165) is 12.0 Å². The number of nitrogens with one attached hydrogen (secondary N) is 1. The van der Waals surface area contributed by atoms with Gasteiger partial charge in [-0.3, -0.25) is 4.72 Å². The number of aryl methyl sites for hydroxylation is 2. The maximum atomic E-state index is 12.4. The van der Waals surface area contributed by atoms with Gasteiger partial charge in [-0.15, -0.1) is 0 Å². The molecule has 0 radical (unpaired) electrons. The number of benzene rings is 1. The number of rotatable bonds is 4. The molecular weight excluding hydrogens is 331 g/mol. The van der Waals surface area contributed by atoms with Crippen molar-refractivity contribution >= 4 is 39.0 Å². The molecule has 112 valence electrons. The highest BCUT2D eigenvalue weighted by atomic mass is 35.5. The maximum Gasteiger partial charge on any atom is 0.264 e. The summed E-state index contributed by atoms with van der Waals surface area (Å²) in [4.78, 5) is 3.99. The molecule has 0 aliphatic rings. The molecule has 0 spiro atoms. The van der Waals surface area contributed by atoms with Gasteiger partial charge in [0.2, 0.25) is 0 Å². The Morgan fingerprint density at radius 3 is 2.57 bits per heavy atom. The standard InChI is InChI=1S/C14H14Cl2N2O2S/c1-3-10-4-5-17-14(7-10)18-21(19,20)13-6-9(2)11(15)8-12(13)16/h4-8H,3H2,1-2H3,(H,17,18). The molecule has 0 bridgehead atoms. The number of aromatic nitrogens is 1. The van der Waals surface area contributed by atoms with E-state index in [1.165, 1.54) is 12.1 Å². The summed E-state index contributed by atoms with van der Waals surface area (Å²) < 4.78 is 27.2. The van der Waals surface area contributed by atoms with Crippen molar-refractivity contribution in [3.05, 3.63) is 51.6 Å². The first kappa shape index (κ1) is 16.1. The van der Waals surface area contributed by atoms with Crippen LogP contribution in [-0.4, -0.2) is 13.4 Å². The molecule has 21 heavy (non-hydrogen) atoms. The van der Waals surface area contributed by atoms with Crippen molar-refractivity contribution in [3.63, 3.8) is 0 Å². The molecule has 7 heteroatoms. The number of sulfonamides is 1. The van der Waals surface area contributed by atoms with E-state index < -0.39 is 10.0 Å². The summed E-state index contributed by atoms with van der Waals surface area (Å²) in [6, 6.07) is 6.38. The van der Waals surface area contributed by atoms with Gasteiger partial charge in [0.05, 0.1) is 5.02 Å². The molecule has 0 unspecified atom stereocenters. The second-order valence-corrected chi connectivity index (χ2v) is 7.01. The van der Waals surface area contributed by atoms with Crippen LogP contribution in [0.2, 0.25) is 10.0 Å². The molecule has 1 N–H and O–H groups in total. The summed E-state index contributed by atoms with van der Waals surface area (Å²) in [7, 11) is -3.81. The molecule has 0 aliphatic heterocycles. The second-order valence-electron chi connectivity index (χ2n) is 4.54.